The molecule has 0 spiro atoms. The molecule has 4 aromatic rings. The molecule has 2 N–H and O–H groups in total. The van der Waals surface area contributed by atoms with Gasteiger partial charge in [0.05, 0.1) is 24.0 Å². The minimum Gasteiger partial charge on any atom is -0.495 e. The van der Waals surface area contributed by atoms with Gasteiger partial charge in [-0.1, -0.05) is 6.58 Å². The lowest BCUT2D eigenvalue weighted by Gasteiger charge is -2.30. The number of aromatic nitrogens is 3. The molecule has 3 aliphatic heterocycles. The molecule has 11 nitrogen and oxygen atoms in total. The van der Waals surface area contributed by atoms with Crippen LogP contribution in [0.1, 0.15) is 12.8 Å². The molecule has 2 unspecified atom stereocenters. The number of ether oxygens (including phenoxy) is 2. The van der Waals surface area contributed by atoms with Gasteiger partial charge in [-0.05, 0) is 82.2 Å². The van der Waals surface area contributed by atoms with Gasteiger partial charge in [-0.3, -0.25) is 4.79 Å². The van der Waals surface area contributed by atoms with E-state index < -0.39 is 5.82 Å². The third-order valence-corrected chi connectivity index (χ3v) is 9.27. The fourth-order valence-electron chi connectivity index (χ4n) is 6.81. The number of fused-ring (bicyclic) bond motifs is 2. The molecular formula is C36H43FN8O3. The molecule has 3 saturated heterocycles. The van der Waals surface area contributed by atoms with Crippen molar-refractivity contribution in [1.29, 1.82) is 0 Å². The minimum atomic E-state index is -0.446. The Morgan fingerprint density at radius 2 is 1.65 bits per heavy atom. The second kappa shape index (κ2) is 15.0. The highest BCUT2D eigenvalue weighted by molar-refractivity contribution is 5.95. The molecule has 0 radical (unpaired) electrons. The number of nitrogens with one attached hydrogen (secondary N) is 2. The molecule has 2 aromatic heterocycles. The van der Waals surface area contributed by atoms with Crippen LogP contribution in [-0.2, 0) is 4.79 Å². The third kappa shape index (κ3) is 7.66. The van der Waals surface area contributed by atoms with Gasteiger partial charge in [0.2, 0.25) is 0 Å². The van der Waals surface area contributed by atoms with Gasteiger partial charge in [0, 0.05) is 62.0 Å². The number of hydrogen-bond acceptors (Lipinski definition) is 11. The summed E-state index contributed by atoms with van der Waals surface area (Å²) < 4.78 is 27.2. The van der Waals surface area contributed by atoms with E-state index >= 15 is 4.39 Å². The number of carbonyl (C=O) groups excluding carboxylic acids is 1. The van der Waals surface area contributed by atoms with Crippen LogP contribution in [0.2, 0.25) is 0 Å². The number of hydrogen-bond donors (Lipinski definition) is 2. The number of allylic oxidation sites excluding steroid dienone is 1. The van der Waals surface area contributed by atoms with Gasteiger partial charge in [0.1, 0.15) is 47.3 Å². The van der Waals surface area contributed by atoms with E-state index in [-0.39, 0.29) is 0 Å². The Bertz CT molecular complexity index is 1730. The van der Waals surface area contributed by atoms with Crippen LogP contribution in [0.15, 0.2) is 67.6 Å². The molecule has 5 heterocycles. The highest BCUT2D eigenvalue weighted by Crippen LogP contribution is 2.36. The van der Waals surface area contributed by atoms with Gasteiger partial charge < -0.3 is 34.8 Å². The lowest BCUT2D eigenvalue weighted by molar-refractivity contribution is -0.104. The Morgan fingerprint density at radius 3 is 2.33 bits per heavy atom. The van der Waals surface area contributed by atoms with Crippen molar-refractivity contribution in [2.75, 3.05) is 76.0 Å². The Hall–Kier alpha value is -4.81. The van der Waals surface area contributed by atoms with Crippen LogP contribution in [0.5, 0.6) is 17.2 Å². The number of carbonyl (C=O) groups is 1. The number of likely N-dealkylation sites (tertiary alicyclic amines) is 2. The van der Waals surface area contributed by atoms with Crippen molar-refractivity contribution in [3.8, 4) is 17.2 Å². The van der Waals surface area contributed by atoms with Crippen LogP contribution in [0.25, 0.3) is 10.9 Å². The fraction of sp³-hybridized carbons (Fsp3) is 0.389. The molecule has 0 amide bonds. The van der Waals surface area contributed by atoms with E-state index in [0.717, 1.165) is 69.0 Å². The summed E-state index contributed by atoms with van der Waals surface area (Å²) in [6.07, 6.45) is 7.15. The number of rotatable bonds is 9. The summed E-state index contributed by atoms with van der Waals surface area (Å²) >= 11 is 0. The molecule has 3 aliphatic rings. The quantitative estimate of drug-likeness (QED) is 0.174. The highest BCUT2D eigenvalue weighted by Gasteiger charge is 2.39. The first-order valence-electron chi connectivity index (χ1n) is 16.3. The van der Waals surface area contributed by atoms with E-state index in [0.29, 0.717) is 58.4 Å². The van der Waals surface area contributed by atoms with Crippen LogP contribution in [0.4, 0.5) is 27.4 Å². The number of nitrogens with zero attached hydrogens (tertiary/aromatic N) is 6. The lowest BCUT2D eigenvalue weighted by atomic mass is 10.0. The van der Waals surface area contributed by atoms with Gasteiger partial charge >= 0.3 is 0 Å². The maximum atomic E-state index is 15.4. The second-order valence-corrected chi connectivity index (χ2v) is 12.8. The zero-order valence-electron chi connectivity index (χ0n) is 27.7. The molecule has 2 aromatic carbocycles. The highest BCUT2D eigenvalue weighted by atomic mass is 19.1. The Morgan fingerprint density at radius 1 is 0.917 bits per heavy atom. The third-order valence-electron chi connectivity index (χ3n) is 9.27. The number of anilines is 4. The van der Waals surface area contributed by atoms with Gasteiger partial charge in [-0.25, -0.2) is 19.3 Å². The molecule has 0 saturated carbocycles. The first kappa shape index (κ1) is 33.1. The van der Waals surface area contributed by atoms with Gasteiger partial charge in [-0.15, -0.1) is 0 Å². The summed E-state index contributed by atoms with van der Waals surface area (Å²) in [6.45, 7) is 9.46. The van der Waals surface area contributed by atoms with E-state index in [4.69, 9.17) is 14.3 Å². The van der Waals surface area contributed by atoms with Gasteiger partial charge in [0.15, 0.2) is 0 Å². The first-order valence-corrected chi connectivity index (χ1v) is 16.3. The van der Waals surface area contributed by atoms with Crippen molar-refractivity contribution >= 4 is 40.2 Å². The van der Waals surface area contributed by atoms with E-state index in [1.54, 1.807) is 31.5 Å². The molecule has 12 heteroatoms. The van der Waals surface area contributed by atoms with Gasteiger partial charge in [-0.2, -0.15) is 0 Å². The first-order chi connectivity index (χ1) is 23.3. The maximum Gasteiger partial charge on any atom is 0.150 e. The number of halogens is 1. The summed E-state index contributed by atoms with van der Waals surface area (Å²) in [5.74, 6) is 4.07. The van der Waals surface area contributed by atoms with E-state index in [1.807, 2.05) is 18.2 Å². The van der Waals surface area contributed by atoms with Crippen molar-refractivity contribution in [2.45, 2.75) is 18.9 Å². The fourth-order valence-corrected chi connectivity index (χ4v) is 6.81. The normalized spacial score (nSPS) is 19.7. The molecule has 2 atom stereocenters. The van der Waals surface area contributed by atoms with Crippen molar-refractivity contribution < 1.29 is 18.7 Å². The molecule has 0 bridgehead atoms. The average molecular weight is 655 g/mol. The zero-order chi connectivity index (χ0) is 33.6. The summed E-state index contributed by atoms with van der Waals surface area (Å²) in [6, 6.07) is 12.8. The number of piperidine rings is 1. The van der Waals surface area contributed by atoms with Crippen LogP contribution in [-0.4, -0.2) is 97.6 Å². The van der Waals surface area contributed by atoms with Crippen molar-refractivity contribution in [1.82, 2.24) is 24.8 Å². The van der Waals surface area contributed by atoms with Crippen LogP contribution in [0, 0.1) is 17.7 Å². The Kier molecular flexibility index (Phi) is 10.3. The summed E-state index contributed by atoms with van der Waals surface area (Å²) in [7, 11) is 5.99. The summed E-state index contributed by atoms with van der Waals surface area (Å²) in [5, 5.41) is 7.59. The van der Waals surface area contributed by atoms with Gasteiger partial charge in [0.25, 0.3) is 0 Å². The van der Waals surface area contributed by atoms with Crippen LogP contribution in [0.3, 0.4) is 0 Å². The minimum absolute atomic E-state index is 0.294. The maximum absolute atomic E-state index is 15.4. The molecule has 252 valence electrons. The monoisotopic (exact) mass is 654 g/mol. The van der Waals surface area contributed by atoms with E-state index in [1.165, 1.54) is 18.5 Å². The number of aldehydes is 1. The predicted octanol–water partition coefficient (Wildman–Crippen LogP) is 5.58. The predicted molar refractivity (Wildman–Crippen MR) is 187 cm³/mol. The molecule has 7 rings (SSSR count). The molecule has 48 heavy (non-hydrogen) atoms. The standard InChI is InChI=1S/C33H39FN8O2.C3H4O/c1-40-10-7-23(8-11-40)38-30-14-26-29(15-31(30)43-3)36-20-37-33(26)39-28-5-4-24(12-27(28)34)44-25-6-9-35-32(13-25)42-18-21-16-41(2)17-22(21)19-42;1-2-3-4/h4-6,9,12-15,20-23,38H,7-8,10-11,16-19H2,1-3H3,(H,36,37,39);2-3H,1H2. The number of pyridine rings is 1. The second-order valence-electron chi connectivity index (χ2n) is 12.8. The molecular weight excluding hydrogens is 611 g/mol. The smallest absolute Gasteiger partial charge is 0.150 e. The summed E-state index contributed by atoms with van der Waals surface area (Å²) in [5.41, 5.74) is 1.87. The topological polar surface area (TPSA) is 108 Å². The van der Waals surface area contributed by atoms with Crippen LogP contribution >= 0.6 is 0 Å². The number of methoxy groups -OCH3 is 1. The van der Waals surface area contributed by atoms with E-state index in [2.05, 4.69) is 61.0 Å². The molecule has 3 fully saturated rings. The molecule has 0 aliphatic carbocycles. The SMILES string of the molecule is C=CC=O.COc1cc2ncnc(Nc3ccc(Oc4ccnc(N5CC6CN(C)CC6C5)c4)cc3F)c2cc1NC1CCN(C)CC1. The zero-order valence-corrected chi connectivity index (χ0v) is 27.7. The summed E-state index contributed by atoms with van der Waals surface area (Å²) in [4.78, 5) is 29.6. The largest absolute Gasteiger partial charge is 0.495 e. The van der Waals surface area contributed by atoms with Crippen molar-refractivity contribution in [3.63, 3.8) is 0 Å². The van der Waals surface area contributed by atoms with Crippen molar-refractivity contribution in [3.05, 3.63) is 73.5 Å². The Labute approximate surface area is 280 Å². The average Bonchev–Trinajstić information content (AvgIpc) is 3.65. The van der Waals surface area contributed by atoms with Crippen molar-refractivity contribution in [2.24, 2.45) is 11.8 Å². The number of benzene rings is 2. The Balaban J connectivity index is 0.000000952. The van der Waals surface area contributed by atoms with E-state index in [9.17, 15) is 0 Å². The lowest BCUT2D eigenvalue weighted by Crippen LogP contribution is -2.36. The van der Waals surface area contributed by atoms with Crippen LogP contribution < -0.4 is 25.0 Å².